The van der Waals surface area contributed by atoms with Crippen molar-refractivity contribution in [1.29, 1.82) is 0 Å². The van der Waals surface area contributed by atoms with Crippen LogP contribution in [0.3, 0.4) is 0 Å². The number of nitrogens with one attached hydrogen (secondary N) is 2. The first-order valence-electron chi connectivity index (χ1n) is 11.5. The summed E-state index contributed by atoms with van der Waals surface area (Å²) in [7, 11) is 0. The molecule has 1 amide bonds. The number of carbonyl (C=O) groups excluding carboxylic acids is 1. The third-order valence-electron chi connectivity index (χ3n) is 5.99. The summed E-state index contributed by atoms with van der Waals surface area (Å²) in [5, 5.41) is 3.15. The molecule has 0 bridgehead atoms. The number of rotatable bonds is 7. The minimum absolute atomic E-state index is 0.0111. The second-order valence-corrected chi connectivity index (χ2v) is 8.54. The molecule has 2 N–H and O–H groups in total. The molecule has 174 valence electrons. The van der Waals surface area contributed by atoms with E-state index < -0.39 is 11.2 Å². The fourth-order valence-electron chi connectivity index (χ4n) is 4.15. The van der Waals surface area contributed by atoms with E-state index in [1.165, 1.54) is 4.57 Å². The Morgan fingerprint density at radius 3 is 2.12 bits per heavy atom. The van der Waals surface area contributed by atoms with Crippen LogP contribution < -0.4 is 16.6 Å². The summed E-state index contributed by atoms with van der Waals surface area (Å²) in [5.41, 5.74) is 2.11. The Morgan fingerprint density at radius 1 is 1.00 bits per heavy atom. The van der Waals surface area contributed by atoms with E-state index in [1.54, 1.807) is 13.0 Å². The van der Waals surface area contributed by atoms with E-state index in [0.717, 1.165) is 11.1 Å². The number of benzene rings is 2. The molecule has 0 spiro atoms. The molecule has 0 radical (unpaired) electrons. The number of aryl methyl sites for hydroxylation is 1. The second-order valence-electron chi connectivity index (χ2n) is 8.54. The van der Waals surface area contributed by atoms with E-state index in [0.29, 0.717) is 18.8 Å². The van der Waals surface area contributed by atoms with E-state index in [1.807, 2.05) is 74.5 Å². The Kier molecular flexibility index (Phi) is 6.72. The molecule has 0 aliphatic heterocycles. The zero-order valence-electron chi connectivity index (χ0n) is 19.5. The van der Waals surface area contributed by atoms with Gasteiger partial charge in [-0.15, -0.1) is 0 Å². The maximum Gasteiger partial charge on any atom is 0.329 e. The Labute approximate surface area is 197 Å². The van der Waals surface area contributed by atoms with Gasteiger partial charge in [0, 0.05) is 24.7 Å². The van der Waals surface area contributed by atoms with Gasteiger partial charge in [0.05, 0.1) is 10.9 Å². The van der Waals surface area contributed by atoms with Gasteiger partial charge in [0.25, 0.3) is 11.5 Å². The van der Waals surface area contributed by atoms with Gasteiger partial charge >= 0.3 is 5.69 Å². The molecule has 2 aromatic heterocycles. The van der Waals surface area contributed by atoms with Gasteiger partial charge in [-0.1, -0.05) is 74.5 Å². The normalized spacial score (nSPS) is 11.3. The second kappa shape index (κ2) is 9.87. The first-order valence-corrected chi connectivity index (χ1v) is 11.5. The Hall–Kier alpha value is -4.00. The zero-order valence-corrected chi connectivity index (χ0v) is 19.5. The lowest BCUT2D eigenvalue weighted by Crippen LogP contribution is -2.34. The highest BCUT2D eigenvalue weighted by atomic mass is 16.2. The molecular weight excluding hydrogens is 428 g/mol. The van der Waals surface area contributed by atoms with E-state index in [9.17, 15) is 14.4 Å². The Balaban J connectivity index is 1.76. The van der Waals surface area contributed by atoms with Crippen LogP contribution in [-0.2, 0) is 6.54 Å². The standard InChI is InChI=1S/C27H28N4O3/c1-4-31-24-23(26(33)30-27(31)34)20(15-22(29-24)17(2)3)25(32)28-16-21(18-11-7-5-8-12-18)19-13-9-6-10-14-19/h5-15,17,21H,4,16H2,1-3H3,(H,28,32)(H,30,33,34). The highest BCUT2D eigenvalue weighted by Gasteiger charge is 2.22. The van der Waals surface area contributed by atoms with Crippen molar-refractivity contribution >= 4 is 16.9 Å². The number of aromatic amines is 1. The molecule has 0 saturated heterocycles. The molecule has 0 fully saturated rings. The predicted octanol–water partition coefficient (Wildman–Crippen LogP) is 3.79. The number of amides is 1. The van der Waals surface area contributed by atoms with Crippen LogP contribution in [-0.4, -0.2) is 27.0 Å². The van der Waals surface area contributed by atoms with E-state index >= 15 is 0 Å². The van der Waals surface area contributed by atoms with Gasteiger partial charge in [0.1, 0.15) is 0 Å². The van der Waals surface area contributed by atoms with Gasteiger partial charge in [-0.3, -0.25) is 19.1 Å². The molecule has 0 unspecified atom stereocenters. The molecule has 4 rings (SSSR count). The highest BCUT2D eigenvalue weighted by molar-refractivity contribution is 6.05. The Bertz CT molecular complexity index is 1380. The molecule has 2 aromatic carbocycles. The maximum atomic E-state index is 13.5. The lowest BCUT2D eigenvalue weighted by Gasteiger charge is -2.19. The van der Waals surface area contributed by atoms with Crippen LogP contribution in [0, 0.1) is 0 Å². The van der Waals surface area contributed by atoms with Crippen molar-refractivity contribution in [3.05, 3.63) is 110 Å². The lowest BCUT2D eigenvalue weighted by atomic mass is 9.91. The minimum atomic E-state index is -0.611. The van der Waals surface area contributed by atoms with Crippen molar-refractivity contribution in [3.63, 3.8) is 0 Å². The van der Waals surface area contributed by atoms with Crippen molar-refractivity contribution in [2.75, 3.05) is 6.54 Å². The molecule has 7 heteroatoms. The van der Waals surface area contributed by atoms with E-state index in [-0.39, 0.29) is 34.3 Å². The van der Waals surface area contributed by atoms with Crippen molar-refractivity contribution in [1.82, 2.24) is 19.9 Å². The molecule has 0 aliphatic carbocycles. The number of carbonyl (C=O) groups is 1. The molecule has 2 heterocycles. The number of hydrogen-bond acceptors (Lipinski definition) is 4. The number of nitrogens with zero attached hydrogens (tertiary/aromatic N) is 2. The van der Waals surface area contributed by atoms with E-state index in [4.69, 9.17) is 0 Å². The van der Waals surface area contributed by atoms with Crippen LogP contribution in [0.5, 0.6) is 0 Å². The third-order valence-corrected chi connectivity index (χ3v) is 5.99. The molecule has 0 atom stereocenters. The summed E-state index contributed by atoms with van der Waals surface area (Å²) in [4.78, 5) is 45.5. The van der Waals surface area contributed by atoms with Crippen molar-refractivity contribution in [2.45, 2.75) is 39.2 Å². The average Bonchev–Trinajstić information content (AvgIpc) is 2.84. The van der Waals surface area contributed by atoms with Crippen LogP contribution in [0.4, 0.5) is 0 Å². The fourth-order valence-corrected chi connectivity index (χ4v) is 4.15. The first kappa shape index (κ1) is 23.2. The molecule has 0 aliphatic rings. The number of H-pyrrole nitrogens is 1. The summed E-state index contributed by atoms with van der Waals surface area (Å²) >= 11 is 0. The Morgan fingerprint density at radius 2 is 1.59 bits per heavy atom. The van der Waals surface area contributed by atoms with Crippen molar-refractivity contribution in [2.24, 2.45) is 0 Å². The van der Waals surface area contributed by atoms with Gasteiger partial charge in [-0.05, 0) is 30.0 Å². The molecule has 34 heavy (non-hydrogen) atoms. The molecule has 7 nitrogen and oxygen atoms in total. The van der Waals surface area contributed by atoms with Crippen molar-refractivity contribution in [3.8, 4) is 0 Å². The quantitative estimate of drug-likeness (QED) is 0.442. The summed E-state index contributed by atoms with van der Waals surface area (Å²) in [5.74, 6) is -0.425. The van der Waals surface area contributed by atoms with Crippen LogP contribution >= 0.6 is 0 Å². The van der Waals surface area contributed by atoms with E-state index in [2.05, 4.69) is 15.3 Å². The number of aromatic nitrogens is 3. The lowest BCUT2D eigenvalue weighted by molar-refractivity contribution is 0.0953. The number of fused-ring (bicyclic) bond motifs is 1. The van der Waals surface area contributed by atoms with Gasteiger partial charge in [-0.25, -0.2) is 9.78 Å². The molecular formula is C27H28N4O3. The van der Waals surface area contributed by atoms with Crippen LogP contribution in [0.25, 0.3) is 11.0 Å². The topological polar surface area (TPSA) is 96.9 Å². The molecule has 0 saturated carbocycles. The minimum Gasteiger partial charge on any atom is -0.351 e. The largest absolute Gasteiger partial charge is 0.351 e. The third kappa shape index (κ3) is 4.55. The van der Waals surface area contributed by atoms with Gasteiger partial charge in [-0.2, -0.15) is 0 Å². The summed E-state index contributed by atoms with van der Waals surface area (Å²) in [6, 6.07) is 21.6. The first-order chi connectivity index (χ1) is 16.4. The van der Waals surface area contributed by atoms with Crippen LogP contribution in [0.15, 0.2) is 76.3 Å². The SMILES string of the molecule is CCn1c(=O)[nH]c(=O)c2c(C(=O)NCC(c3ccccc3)c3ccccc3)cc(C(C)C)nc21. The van der Waals surface area contributed by atoms with Crippen LogP contribution in [0.1, 0.15) is 59.8 Å². The van der Waals surface area contributed by atoms with Gasteiger partial charge in [0.2, 0.25) is 0 Å². The van der Waals surface area contributed by atoms with Crippen LogP contribution in [0.2, 0.25) is 0 Å². The fraction of sp³-hybridized carbons (Fsp3) is 0.259. The number of pyridine rings is 1. The molecule has 4 aromatic rings. The number of hydrogen-bond donors (Lipinski definition) is 2. The van der Waals surface area contributed by atoms with Gasteiger partial charge in [0.15, 0.2) is 5.65 Å². The average molecular weight is 457 g/mol. The van der Waals surface area contributed by atoms with Crippen molar-refractivity contribution < 1.29 is 4.79 Å². The predicted molar refractivity (Wildman–Crippen MR) is 133 cm³/mol. The summed E-state index contributed by atoms with van der Waals surface area (Å²) < 4.78 is 1.39. The summed E-state index contributed by atoms with van der Waals surface area (Å²) in [6.45, 7) is 6.38. The summed E-state index contributed by atoms with van der Waals surface area (Å²) in [6.07, 6.45) is 0. The smallest absolute Gasteiger partial charge is 0.329 e. The maximum absolute atomic E-state index is 13.5. The monoisotopic (exact) mass is 456 g/mol. The highest BCUT2D eigenvalue weighted by Crippen LogP contribution is 2.24. The van der Waals surface area contributed by atoms with Gasteiger partial charge < -0.3 is 5.32 Å². The zero-order chi connectivity index (χ0) is 24.2.